The van der Waals surface area contributed by atoms with Crippen molar-refractivity contribution < 1.29 is 31.8 Å². The van der Waals surface area contributed by atoms with Gasteiger partial charge >= 0.3 is 0 Å². The molecule has 1 amide bonds. The van der Waals surface area contributed by atoms with Gasteiger partial charge in [0.2, 0.25) is 0 Å². The summed E-state index contributed by atoms with van der Waals surface area (Å²) in [4.78, 5) is 13.9. The van der Waals surface area contributed by atoms with E-state index >= 15 is 0 Å². The summed E-state index contributed by atoms with van der Waals surface area (Å²) in [5, 5.41) is 0. The minimum absolute atomic E-state index is 0.116. The largest absolute Gasteiger partial charge is 0.486 e. The van der Waals surface area contributed by atoms with E-state index in [-0.39, 0.29) is 10.6 Å². The molecule has 0 saturated heterocycles. The number of halogens is 1. The Kier molecular flexibility index (Phi) is 5.47. The van der Waals surface area contributed by atoms with Crippen molar-refractivity contribution in [2.24, 2.45) is 0 Å². The molecule has 8 nitrogen and oxygen atoms in total. The van der Waals surface area contributed by atoms with E-state index in [4.69, 9.17) is 14.2 Å². The highest BCUT2D eigenvalue weighted by Gasteiger charge is 2.22. The van der Waals surface area contributed by atoms with Gasteiger partial charge in [0.1, 0.15) is 13.2 Å². The molecule has 1 aliphatic rings. The van der Waals surface area contributed by atoms with Crippen molar-refractivity contribution in [2.45, 2.75) is 17.9 Å². The first-order valence-corrected chi connectivity index (χ1v) is 9.47. The molecule has 0 bridgehead atoms. The first-order valence-electron chi connectivity index (χ1n) is 7.99. The van der Waals surface area contributed by atoms with Crippen LogP contribution in [0.2, 0.25) is 0 Å². The molecule has 1 heterocycles. The number of rotatable bonds is 6. The number of hydrogen-bond donors (Lipinski definition) is 2. The number of carbonyl (C=O) groups is 1. The third kappa shape index (κ3) is 4.47. The number of ether oxygens (including phenoxy) is 3. The quantitative estimate of drug-likeness (QED) is 0.715. The Hall–Kier alpha value is -2.85. The lowest BCUT2D eigenvalue weighted by Gasteiger charge is -2.19. The summed E-state index contributed by atoms with van der Waals surface area (Å²) < 4.78 is 54.1. The second-order valence-electron chi connectivity index (χ2n) is 5.59. The van der Waals surface area contributed by atoms with Gasteiger partial charge < -0.3 is 14.2 Å². The number of fused-ring (bicyclic) bond motifs is 1. The van der Waals surface area contributed by atoms with Gasteiger partial charge in [0.15, 0.2) is 29.2 Å². The monoisotopic (exact) mass is 396 g/mol. The fourth-order valence-corrected chi connectivity index (χ4v) is 3.12. The van der Waals surface area contributed by atoms with Crippen LogP contribution in [0.1, 0.15) is 6.92 Å². The molecule has 1 aliphatic heterocycles. The number of nitrogens with one attached hydrogen (secondary N) is 2. The zero-order chi connectivity index (χ0) is 19.4. The smallest absolute Gasteiger partial charge is 0.275 e. The normalized spacial score (nSPS) is 14.3. The summed E-state index contributed by atoms with van der Waals surface area (Å²) in [7, 11) is -4.05. The molecule has 0 aromatic heterocycles. The maximum absolute atomic E-state index is 13.6. The molecule has 0 fully saturated rings. The maximum atomic E-state index is 13.6. The molecule has 2 aromatic carbocycles. The Morgan fingerprint density at radius 2 is 1.85 bits per heavy atom. The van der Waals surface area contributed by atoms with Crippen LogP contribution in [0.3, 0.4) is 0 Å². The average molecular weight is 396 g/mol. The van der Waals surface area contributed by atoms with Crippen LogP contribution < -0.4 is 24.5 Å². The highest BCUT2D eigenvalue weighted by atomic mass is 32.2. The van der Waals surface area contributed by atoms with E-state index in [0.717, 1.165) is 0 Å². The predicted octanol–water partition coefficient (Wildman–Crippen LogP) is 1.37. The molecule has 2 N–H and O–H groups in total. The van der Waals surface area contributed by atoms with Gasteiger partial charge in [0.25, 0.3) is 15.9 Å². The van der Waals surface area contributed by atoms with Crippen LogP contribution >= 0.6 is 0 Å². The van der Waals surface area contributed by atoms with Gasteiger partial charge in [-0.3, -0.25) is 10.2 Å². The lowest BCUT2D eigenvalue weighted by molar-refractivity contribution is -0.127. The molecule has 27 heavy (non-hydrogen) atoms. The van der Waals surface area contributed by atoms with Crippen LogP contribution in [0.25, 0.3) is 0 Å². The molecule has 0 saturated carbocycles. The molecule has 0 spiro atoms. The number of benzene rings is 2. The molecule has 3 rings (SSSR count). The summed E-state index contributed by atoms with van der Waals surface area (Å²) >= 11 is 0. The fourth-order valence-electron chi connectivity index (χ4n) is 2.25. The van der Waals surface area contributed by atoms with E-state index in [1.54, 1.807) is 6.07 Å². The Balaban J connectivity index is 1.63. The van der Waals surface area contributed by atoms with Crippen molar-refractivity contribution in [3.63, 3.8) is 0 Å². The zero-order valence-electron chi connectivity index (χ0n) is 14.3. The molecule has 0 aliphatic carbocycles. The van der Waals surface area contributed by atoms with Gasteiger partial charge in [-0.25, -0.2) is 12.8 Å². The van der Waals surface area contributed by atoms with Gasteiger partial charge in [-0.05, 0) is 31.2 Å². The maximum Gasteiger partial charge on any atom is 0.275 e. The molecule has 2 aromatic rings. The number of hydrazine groups is 1. The SMILES string of the molecule is CC(Oc1ccccc1F)C(=O)NNS(=O)(=O)c1ccc2c(c1)OCCO2. The van der Waals surface area contributed by atoms with Crippen LogP contribution in [0.5, 0.6) is 17.2 Å². The molecular weight excluding hydrogens is 379 g/mol. The molecule has 1 unspecified atom stereocenters. The molecule has 144 valence electrons. The first kappa shape index (κ1) is 18.9. The molecule has 1 atom stereocenters. The first-order chi connectivity index (χ1) is 12.9. The number of carbonyl (C=O) groups excluding carboxylic acids is 1. The van der Waals surface area contributed by atoms with Gasteiger partial charge in [0, 0.05) is 6.07 Å². The van der Waals surface area contributed by atoms with Crippen LogP contribution in [-0.4, -0.2) is 33.6 Å². The Morgan fingerprint density at radius 1 is 1.15 bits per heavy atom. The summed E-state index contributed by atoms with van der Waals surface area (Å²) in [6, 6.07) is 9.66. The fraction of sp³-hybridized carbons (Fsp3) is 0.235. The Bertz CT molecular complexity index is 950. The van der Waals surface area contributed by atoms with Crippen molar-refractivity contribution in [1.82, 2.24) is 10.3 Å². The van der Waals surface area contributed by atoms with Crippen molar-refractivity contribution in [1.29, 1.82) is 0 Å². The van der Waals surface area contributed by atoms with Gasteiger partial charge in [-0.2, -0.15) is 0 Å². The van der Waals surface area contributed by atoms with E-state index < -0.39 is 27.9 Å². The third-order valence-corrected chi connectivity index (χ3v) is 4.89. The third-order valence-electron chi connectivity index (χ3n) is 3.64. The highest BCUT2D eigenvalue weighted by molar-refractivity contribution is 7.89. The van der Waals surface area contributed by atoms with Gasteiger partial charge in [-0.15, -0.1) is 4.83 Å². The molecule has 10 heteroatoms. The van der Waals surface area contributed by atoms with Crippen molar-refractivity contribution in [3.8, 4) is 17.2 Å². The summed E-state index contributed by atoms with van der Waals surface area (Å²) in [5.41, 5.74) is 2.04. The standard InChI is InChI=1S/C17H17FN2O6S/c1-11(26-14-5-3-2-4-13(14)18)17(21)19-20-27(22,23)12-6-7-15-16(10-12)25-9-8-24-15/h2-7,10-11,20H,8-9H2,1H3,(H,19,21). The Morgan fingerprint density at radius 3 is 2.59 bits per heavy atom. The van der Waals surface area contributed by atoms with E-state index in [9.17, 15) is 17.6 Å². The number of hydrogen-bond acceptors (Lipinski definition) is 6. The lowest BCUT2D eigenvalue weighted by Crippen LogP contribution is -2.47. The van der Waals surface area contributed by atoms with Crippen LogP contribution in [0, 0.1) is 5.82 Å². The summed E-state index contributed by atoms with van der Waals surface area (Å²) in [5.74, 6) is -0.800. The lowest BCUT2D eigenvalue weighted by atomic mass is 10.3. The second kappa shape index (κ2) is 7.80. The minimum Gasteiger partial charge on any atom is -0.486 e. The zero-order valence-corrected chi connectivity index (χ0v) is 15.1. The summed E-state index contributed by atoms with van der Waals surface area (Å²) in [6.07, 6.45) is -1.13. The van der Waals surface area contributed by atoms with E-state index in [1.807, 2.05) is 10.3 Å². The van der Waals surface area contributed by atoms with Crippen LogP contribution in [-0.2, 0) is 14.8 Å². The minimum atomic E-state index is -4.05. The number of sulfonamides is 1. The van der Waals surface area contributed by atoms with Crippen molar-refractivity contribution >= 4 is 15.9 Å². The summed E-state index contributed by atoms with van der Waals surface area (Å²) in [6.45, 7) is 2.05. The predicted molar refractivity (Wildman–Crippen MR) is 92.4 cm³/mol. The number of amides is 1. The average Bonchev–Trinajstić information content (AvgIpc) is 2.67. The van der Waals surface area contributed by atoms with E-state index in [2.05, 4.69) is 0 Å². The van der Waals surface area contributed by atoms with Crippen LogP contribution in [0.15, 0.2) is 47.4 Å². The van der Waals surface area contributed by atoms with E-state index in [0.29, 0.717) is 24.7 Å². The van der Waals surface area contributed by atoms with Gasteiger partial charge in [-0.1, -0.05) is 12.1 Å². The second-order valence-corrected chi connectivity index (χ2v) is 7.27. The number of para-hydroxylation sites is 1. The molecule has 0 radical (unpaired) electrons. The van der Waals surface area contributed by atoms with Crippen LogP contribution in [0.4, 0.5) is 4.39 Å². The highest BCUT2D eigenvalue weighted by Crippen LogP contribution is 2.32. The topological polar surface area (TPSA) is 103 Å². The van der Waals surface area contributed by atoms with Crippen molar-refractivity contribution in [2.75, 3.05) is 13.2 Å². The van der Waals surface area contributed by atoms with E-state index in [1.165, 1.54) is 43.3 Å². The van der Waals surface area contributed by atoms with Crippen molar-refractivity contribution in [3.05, 3.63) is 48.3 Å². The van der Waals surface area contributed by atoms with Gasteiger partial charge in [0.05, 0.1) is 4.90 Å². The molecular formula is C17H17FN2O6S. The Labute approximate surface area is 155 Å².